The standard InChI is InChI=1S/C17H26N4O/c1-3-12(2)13-6-8-15(9-7-13)21-17(18)20-11-10-19-16(22)14-4-5-14/h6-9,12,14H,3-5,10-11H2,1-2H3,(H,19,22)(H3,18,20,21). The first-order valence-electron chi connectivity index (χ1n) is 8.04. The number of carbonyl (C=O) groups excluding carboxylic acids is 1. The molecule has 1 fully saturated rings. The molecule has 22 heavy (non-hydrogen) atoms. The summed E-state index contributed by atoms with van der Waals surface area (Å²) < 4.78 is 0. The summed E-state index contributed by atoms with van der Waals surface area (Å²) in [5.41, 5.74) is 8.10. The van der Waals surface area contributed by atoms with Crippen LogP contribution in [0.1, 0.15) is 44.6 Å². The van der Waals surface area contributed by atoms with Gasteiger partial charge in [-0.05, 0) is 42.9 Å². The zero-order chi connectivity index (χ0) is 15.9. The smallest absolute Gasteiger partial charge is 0.223 e. The molecule has 2 rings (SSSR count). The Morgan fingerprint density at radius 2 is 2.05 bits per heavy atom. The van der Waals surface area contributed by atoms with Gasteiger partial charge >= 0.3 is 0 Å². The molecule has 0 radical (unpaired) electrons. The number of nitrogens with zero attached hydrogens (tertiary/aromatic N) is 1. The molecule has 1 aromatic rings. The Bertz CT molecular complexity index is 520. The summed E-state index contributed by atoms with van der Waals surface area (Å²) in [4.78, 5) is 15.7. The molecule has 5 heteroatoms. The molecule has 1 aliphatic rings. The van der Waals surface area contributed by atoms with Crippen molar-refractivity contribution in [2.24, 2.45) is 16.6 Å². The zero-order valence-electron chi connectivity index (χ0n) is 13.4. The van der Waals surface area contributed by atoms with Crippen molar-refractivity contribution in [3.05, 3.63) is 29.8 Å². The van der Waals surface area contributed by atoms with E-state index in [1.54, 1.807) is 0 Å². The molecule has 1 saturated carbocycles. The zero-order valence-corrected chi connectivity index (χ0v) is 13.4. The molecule has 1 aliphatic carbocycles. The lowest BCUT2D eigenvalue weighted by molar-refractivity contribution is -0.122. The van der Waals surface area contributed by atoms with Crippen LogP contribution in [0.15, 0.2) is 29.3 Å². The van der Waals surface area contributed by atoms with Crippen molar-refractivity contribution in [2.45, 2.75) is 39.0 Å². The average molecular weight is 302 g/mol. The average Bonchev–Trinajstić information content (AvgIpc) is 3.36. The first-order valence-corrected chi connectivity index (χ1v) is 8.04. The third-order valence-corrected chi connectivity index (χ3v) is 4.01. The summed E-state index contributed by atoms with van der Waals surface area (Å²) >= 11 is 0. The van der Waals surface area contributed by atoms with Crippen LogP contribution in [0.4, 0.5) is 5.69 Å². The number of hydrogen-bond acceptors (Lipinski definition) is 2. The quantitative estimate of drug-likeness (QED) is 0.411. The highest BCUT2D eigenvalue weighted by Gasteiger charge is 2.28. The van der Waals surface area contributed by atoms with Gasteiger partial charge in [0, 0.05) is 18.2 Å². The van der Waals surface area contributed by atoms with Gasteiger partial charge in [-0.3, -0.25) is 9.79 Å². The van der Waals surface area contributed by atoms with Crippen molar-refractivity contribution in [2.75, 3.05) is 18.4 Å². The Morgan fingerprint density at radius 3 is 2.64 bits per heavy atom. The largest absolute Gasteiger partial charge is 0.370 e. The van der Waals surface area contributed by atoms with Crippen molar-refractivity contribution in [1.29, 1.82) is 0 Å². The fraction of sp³-hybridized carbons (Fsp3) is 0.529. The van der Waals surface area contributed by atoms with E-state index in [2.05, 4.69) is 41.6 Å². The Morgan fingerprint density at radius 1 is 1.36 bits per heavy atom. The number of anilines is 1. The Hall–Kier alpha value is -2.04. The van der Waals surface area contributed by atoms with Crippen LogP contribution in [0.2, 0.25) is 0 Å². The summed E-state index contributed by atoms with van der Waals surface area (Å²) in [6.45, 7) is 5.42. The number of guanidine groups is 1. The molecular weight excluding hydrogens is 276 g/mol. The second-order valence-electron chi connectivity index (χ2n) is 5.89. The lowest BCUT2D eigenvalue weighted by atomic mass is 9.99. The highest BCUT2D eigenvalue weighted by Crippen LogP contribution is 2.28. The number of hydrogen-bond donors (Lipinski definition) is 3. The van der Waals surface area contributed by atoms with E-state index in [0.29, 0.717) is 25.0 Å². The number of nitrogens with one attached hydrogen (secondary N) is 2. The maximum atomic E-state index is 11.4. The van der Waals surface area contributed by atoms with Crippen LogP contribution in [0.5, 0.6) is 0 Å². The van der Waals surface area contributed by atoms with Crippen LogP contribution < -0.4 is 16.4 Å². The predicted octanol–water partition coefficient (Wildman–Crippen LogP) is 2.45. The van der Waals surface area contributed by atoms with E-state index in [9.17, 15) is 4.79 Å². The van der Waals surface area contributed by atoms with Gasteiger partial charge in [-0.1, -0.05) is 26.0 Å². The molecule has 1 atom stereocenters. The number of amides is 1. The fourth-order valence-electron chi connectivity index (χ4n) is 2.16. The van der Waals surface area contributed by atoms with Gasteiger partial charge in [-0.25, -0.2) is 0 Å². The van der Waals surface area contributed by atoms with Gasteiger partial charge in [0.1, 0.15) is 0 Å². The normalized spacial score (nSPS) is 16.2. The molecule has 0 spiro atoms. The maximum Gasteiger partial charge on any atom is 0.223 e. The first-order chi connectivity index (χ1) is 10.6. The molecule has 0 saturated heterocycles. The minimum absolute atomic E-state index is 0.141. The topological polar surface area (TPSA) is 79.5 Å². The van der Waals surface area contributed by atoms with Gasteiger partial charge in [0.2, 0.25) is 5.91 Å². The summed E-state index contributed by atoms with van der Waals surface area (Å²) in [5.74, 6) is 1.32. The lowest BCUT2D eigenvalue weighted by Crippen LogP contribution is -2.29. The molecule has 0 aliphatic heterocycles. The maximum absolute atomic E-state index is 11.4. The predicted molar refractivity (Wildman–Crippen MR) is 91.0 cm³/mol. The highest BCUT2D eigenvalue weighted by atomic mass is 16.2. The Labute approximate surface area is 132 Å². The van der Waals surface area contributed by atoms with Crippen molar-refractivity contribution < 1.29 is 4.79 Å². The fourth-order valence-corrected chi connectivity index (χ4v) is 2.16. The van der Waals surface area contributed by atoms with Crippen LogP contribution in [0.3, 0.4) is 0 Å². The molecular formula is C17H26N4O. The molecule has 0 bridgehead atoms. The minimum atomic E-state index is 0.141. The molecule has 0 heterocycles. The summed E-state index contributed by atoms with van der Waals surface area (Å²) in [7, 11) is 0. The van der Waals surface area contributed by atoms with Gasteiger partial charge in [0.05, 0.1) is 6.54 Å². The molecule has 0 aromatic heterocycles. The first kappa shape index (κ1) is 16.3. The van der Waals surface area contributed by atoms with E-state index in [4.69, 9.17) is 5.73 Å². The number of rotatable bonds is 7. The second-order valence-corrected chi connectivity index (χ2v) is 5.89. The summed E-state index contributed by atoms with van der Waals surface area (Å²) in [6.07, 6.45) is 3.17. The molecule has 5 nitrogen and oxygen atoms in total. The number of benzene rings is 1. The summed E-state index contributed by atoms with van der Waals surface area (Å²) in [5, 5.41) is 5.93. The van der Waals surface area contributed by atoms with Crippen LogP contribution in [0, 0.1) is 5.92 Å². The van der Waals surface area contributed by atoms with Crippen LogP contribution >= 0.6 is 0 Å². The van der Waals surface area contributed by atoms with Gasteiger partial charge in [0.15, 0.2) is 5.96 Å². The van der Waals surface area contributed by atoms with Crippen molar-refractivity contribution in [1.82, 2.24) is 5.32 Å². The van der Waals surface area contributed by atoms with E-state index in [1.807, 2.05) is 12.1 Å². The summed E-state index contributed by atoms with van der Waals surface area (Å²) in [6, 6.07) is 8.25. The van der Waals surface area contributed by atoms with E-state index >= 15 is 0 Å². The van der Waals surface area contributed by atoms with Gasteiger partial charge in [0.25, 0.3) is 0 Å². The van der Waals surface area contributed by atoms with Crippen molar-refractivity contribution in [3.8, 4) is 0 Å². The minimum Gasteiger partial charge on any atom is -0.370 e. The van der Waals surface area contributed by atoms with Crippen LogP contribution in [-0.4, -0.2) is 25.0 Å². The van der Waals surface area contributed by atoms with Crippen LogP contribution in [-0.2, 0) is 4.79 Å². The SMILES string of the molecule is CCC(C)c1ccc(NC(N)=NCCNC(=O)C2CC2)cc1. The highest BCUT2D eigenvalue weighted by molar-refractivity contribution is 5.92. The van der Waals surface area contributed by atoms with E-state index in [1.165, 1.54) is 5.56 Å². The molecule has 1 unspecified atom stereocenters. The molecule has 1 amide bonds. The van der Waals surface area contributed by atoms with Gasteiger partial charge in [-0.15, -0.1) is 0 Å². The van der Waals surface area contributed by atoms with Gasteiger partial charge in [-0.2, -0.15) is 0 Å². The monoisotopic (exact) mass is 302 g/mol. The number of nitrogens with two attached hydrogens (primary N) is 1. The molecule has 1 aromatic carbocycles. The van der Waals surface area contributed by atoms with Crippen LogP contribution in [0.25, 0.3) is 0 Å². The number of aliphatic imine (C=N–C) groups is 1. The van der Waals surface area contributed by atoms with E-state index in [-0.39, 0.29) is 11.8 Å². The third-order valence-electron chi connectivity index (χ3n) is 4.01. The molecule has 120 valence electrons. The lowest BCUT2D eigenvalue weighted by Gasteiger charge is -2.11. The van der Waals surface area contributed by atoms with Crippen molar-refractivity contribution in [3.63, 3.8) is 0 Å². The molecule has 4 N–H and O–H groups in total. The van der Waals surface area contributed by atoms with Gasteiger partial charge < -0.3 is 16.4 Å². The Balaban J connectivity index is 1.74. The third kappa shape index (κ3) is 5.06. The number of carbonyl (C=O) groups is 1. The second kappa shape index (κ2) is 7.82. The van der Waals surface area contributed by atoms with Crippen molar-refractivity contribution >= 4 is 17.6 Å². The Kier molecular flexibility index (Phi) is 5.81. The van der Waals surface area contributed by atoms with E-state index in [0.717, 1.165) is 24.9 Å². The van der Waals surface area contributed by atoms with E-state index < -0.39 is 0 Å².